The number of hydrogen-bond acceptors (Lipinski definition) is 3. The fraction of sp³-hybridized carbons (Fsp3) is 1.00. The van der Waals surface area contributed by atoms with Gasteiger partial charge in [0, 0.05) is 0 Å². The van der Waals surface area contributed by atoms with Crippen LogP contribution in [0.3, 0.4) is 0 Å². The number of nitrogens with zero attached hydrogens (tertiary/aromatic N) is 1. The van der Waals surface area contributed by atoms with Crippen molar-refractivity contribution in [2.45, 2.75) is 27.7 Å². The van der Waals surface area contributed by atoms with Gasteiger partial charge in [0.1, 0.15) is 0 Å². The normalized spacial score (nSPS) is 11.1. The van der Waals surface area contributed by atoms with Crippen molar-refractivity contribution in [2.75, 3.05) is 26.2 Å². The predicted octanol–water partition coefficient (Wildman–Crippen LogP) is -4.05. The highest BCUT2D eigenvalue weighted by atomic mass is 127. The number of halogens is 1. The molecule has 0 aromatic heterocycles. The summed E-state index contributed by atoms with van der Waals surface area (Å²) in [6.45, 7) is 14.2. The molecule has 13 heavy (non-hydrogen) atoms. The molecule has 0 aliphatic carbocycles. The van der Waals surface area contributed by atoms with Gasteiger partial charge in [-0.3, -0.25) is 0 Å². The van der Waals surface area contributed by atoms with Crippen LogP contribution in [-0.2, 0) is 0 Å². The lowest BCUT2D eigenvalue weighted by atomic mass is 10.3. The van der Waals surface area contributed by atoms with E-state index >= 15 is 0 Å². The van der Waals surface area contributed by atoms with Gasteiger partial charge in [-0.1, -0.05) is 0 Å². The lowest BCUT2D eigenvalue weighted by Gasteiger charge is -2.34. The summed E-state index contributed by atoms with van der Waals surface area (Å²) in [5, 5.41) is 0. The van der Waals surface area contributed by atoms with Gasteiger partial charge in [-0.15, -0.1) is 0 Å². The molecular formula is C8H21INO3+. The predicted molar refractivity (Wildman–Crippen MR) is 44.6 cm³/mol. The molecule has 0 amide bonds. The van der Waals surface area contributed by atoms with Gasteiger partial charge >= 0.3 is 21.1 Å². The minimum absolute atomic E-state index is 1.28. The Kier molecular flexibility index (Phi) is 11.3. The quantitative estimate of drug-likeness (QED) is 0.425. The average Bonchev–Trinajstić information content (AvgIpc) is 2.09. The van der Waals surface area contributed by atoms with Crippen LogP contribution in [0, 0.1) is 0 Å². The summed E-state index contributed by atoms with van der Waals surface area (Å²) in [6, 6.07) is 0. The van der Waals surface area contributed by atoms with Crippen molar-refractivity contribution < 1.29 is 35.9 Å². The Morgan fingerprint density at radius 3 is 1.08 bits per heavy atom. The molecule has 0 aromatic carbocycles. The van der Waals surface area contributed by atoms with E-state index in [0.717, 1.165) is 0 Å². The van der Waals surface area contributed by atoms with Crippen molar-refractivity contribution in [3.05, 3.63) is 0 Å². The smallest absolute Gasteiger partial charge is 0.396 e. The van der Waals surface area contributed by atoms with Crippen LogP contribution in [0.4, 0.5) is 0 Å². The third-order valence-corrected chi connectivity index (χ3v) is 2.68. The van der Waals surface area contributed by atoms with Gasteiger partial charge in [0.05, 0.1) is 26.2 Å². The first-order valence-electron chi connectivity index (χ1n) is 4.57. The van der Waals surface area contributed by atoms with Crippen LogP contribution in [0.15, 0.2) is 0 Å². The van der Waals surface area contributed by atoms with Crippen LogP contribution in [0.2, 0.25) is 0 Å². The van der Waals surface area contributed by atoms with Crippen molar-refractivity contribution >= 4 is 0 Å². The molecule has 0 radical (unpaired) electrons. The zero-order chi connectivity index (χ0) is 10.9. The lowest BCUT2D eigenvalue weighted by Crippen LogP contribution is -3.98. The first kappa shape index (κ1) is 16.0. The molecule has 0 spiro atoms. The molecular weight excluding hydrogens is 285 g/mol. The van der Waals surface area contributed by atoms with E-state index in [1.54, 1.807) is 0 Å². The largest absolute Gasteiger partial charge is 0.503 e. The van der Waals surface area contributed by atoms with E-state index in [2.05, 4.69) is 27.7 Å². The molecule has 0 atom stereocenters. The van der Waals surface area contributed by atoms with Crippen LogP contribution < -0.4 is 27.9 Å². The monoisotopic (exact) mass is 306 g/mol. The maximum atomic E-state index is 8.68. The molecule has 0 aliphatic rings. The second-order valence-corrected chi connectivity index (χ2v) is 3.95. The topological polar surface area (TPSA) is 66.3 Å². The summed E-state index contributed by atoms with van der Waals surface area (Å²) in [4.78, 5) is 0. The number of quaternary nitrogens is 1. The van der Waals surface area contributed by atoms with E-state index in [-0.39, 0.29) is 0 Å². The van der Waals surface area contributed by atoms with Crippen molar-refractivity contribution in [1.29, 1.82) is 0 Å². The SMILES string of the molecule is CC[N+](CC)(CC)CC.[O-][I+2]([O-])O. The van der Waals surface area contributed by atoms with Gasteiger partial charge in [0.25, 0.3) is 0 Å². The Morgan fingerprint density at radius 1 is 0.923 bits per heavy atom. The van der Waals surface area contributed by atoms with E-state index in [0.29, 0.717) is 0 Å². The van der Waals surface area contributed by atoms with Gasteiger partial charge in [0.15, 0.2) is 0 Å². The van der Waals surface area contributed by atoms with Gasteiger partial charge < -0.3 is 11.4 Å². The molecule has 0 heterocycles. The van der Waals surface area contributed by atoms with Gasteiger partial charge in [-0.2, -0.15) is 0 Å². The Bertz CT molecular complexity index is 87.3. The Hall–Kier alpha value is 0.570. The van der Waals surface area contributed by atoms with Gasteiger partial charge in [-0.05, 0) is 31.1 Å². The highest BCUT2D eigenvalue weighted by molar-refractivity contribution is 4.31. The fourth-order valence-corrected chi connectivity index (χ4v) is 1.34. The van der Waals surface area contributed by atoms with Gasteiger partial charge in [0.2, 0.25) is 0 Å². The van der Waals surface area contributed by atoms with Crippen LogP contribution >= 0.6 is 0 Å². The molecule has 5 heteroatoms. The van der Waals surface area contributed by atoms with Gasteiger partial charge in [-0.25, -0.2) is 0 Å². The Morgan fingerprint density at radius 2 is 1.08 bits per heavy atom. The van der Waals surface area contributed by atoms with Crippen molar-refractivity contribution in [3.8, 4) is 0 Å². The maximum absolute atomic E-state index is 8.68. The Labute approximate surface area is 89.8 Å². The van der Waals surface area contributed by atoms with Crippen LogP contribution in [0.1, 0.15) is 27.7 Å². The summed E-state index contributed by atoms with van der Waals surface area (Å²) >= 11 is -3.76. The molecule has 0 rings (SSSR count). The summed E-state index contributed by atoms with van der Waals surface area (Å²) in [6.07, 6.45) is 0. The summed E-state index contributed by atoms with van der Waals surface area (Å²) in [5.74, 6) is 0. The van der Waals surface area contributed by atoms with Crippen LogP contribution in [0.25, 0.3) is 0 Å². The molecule has 0 aromatic rings. The average molecular weight is 306 g/mol. The molecule has 0 unspecified atom stereocenters. The third kappa shape index (κ3) is 8.89. The number of hydrogen-bond donors (Lipinski definition) is 1. The third-order valence-electron chi connectivity index (χ3n) is 2.68. The zero-order valence-corrected chi connectivity index (χ0v) is 11.1. The highest BCUT2D eigenvalue weighted by Crippen LogP contribution is 2.03. The molecule has 1 N–H and O–H groups in total. The van der Waals surface area contributed by atoms with Crippen molar-refractivity contribution in [1.82, 2.24) is 0 Å². The van der Waals surface area contributed by atoms with E-state index in [1.807, 2.05) is 0 Å². The minimum atomic E-state index is -3.76. The summed E-state index contributed by atoms with van der Waals surface area (Å²) < 4.78 is 25.7. The standard InChI is InChI=1S/C8H20N.HIO3/c1-5-9(6-2,7-3)8-4;2-1(3)4/h5-8H2,1-4H3;2H/q+1;. The van der Waals surface area contributed by atoms with E-state index < -0.39 is 21.1 Å². The minimum Gasteiger partial charge on any atom is -0.396 e. The molecule has 4 nitrogen and oxygen atoms in total. The Balaban J connectivity index is 0. The second-order valence-electron chi connectivity index (χ2n) is 2.81. The molecule has 0 bridgehead atoms. The highest BCUT2D eigenvalue weighted by Gasteiger charge is 2.16. The second kappa shape index (κ2) is 9.14. The molecule has 0 saturated carbocycles. The van der Waals surface area contributed by atoms with E-state index in [9.17, 15) is 0 Å². The van der Waals surface area contributed by atoms with Crippen molar-refractivity contribution in [2.24, 2.45) is 0 Å². The molecule has 82 valence electrons. The molecule has 0 fully saturated rings. The fourth-order valence-electron chi connectivity index (χ4n) is 1.34. The van der Waals surface area contributed by atoms with Crippen LogP contribution in [-0.4, -0.2) is 34.1 Å². The first-order valence-corrected chi connectivity index (χ1v) is 7.30. The van der Waals surface area contributed by atoms with Crippen molar-refractivity contribution in [3.63, 3.8) is 0 Å². The zero-order valence-electron chi connectivity index (χ0n) is 8.92. The molecule has 0 saturated heterocycles. The maximum Gasteiger partial charge on any atom is 0.503 e. The first-order chi connectivity index (χ1) is 5.97. The summed E-state index contributed by atoms with van der Waals surface area (Å²) in [5.41, 5.74) is 0. The van der Waals surface area contributed by atoms with E-state index in [1.165, 1.54) is 30.7 Å². The summed E-state index contributed by atoms with van der Waals surface area (Å²) in [7, 11) is 0. The lowest BCUT2D eigenvalue weighted by molar-refractivity contribution is -1.63. The number of rotatable bonds is 4. The molecule has 0 aliphatic heterocycles. The van der Waals surface area contributed by atoms with Crippen LogP contribution in [0.5, 0.6) is 0 Å². The van der Waals surface area contributed by atoms with E-state index in [4.69, 9.17) is 10.3 Å².